The van der Waals surface area contributed by atoms with Crippen LogP contribution in [0.4, 0.5) is 0 Å². The van der Waals surface area contributed by atoms with Crippen molar-refractivity contribution in [3.63, 3.8) is 0 Å². The molecule has 22 heavy (non-hydrogen) atoms. The Kier molecular flexibility index (Phi) is 6.92. The van der Waals surface area contributed by atoms with Crippen LogP contribution in [0.2, 0.25) is 0 Å². The molecular weight excluding hydrogens is 308 g/mol. The van der Waals surface area contributed by atoms with Crippen molar-refractivity contribution in [2.24, 2.45) is 0 Å². The van der Waals surface area contributed by atoms with Crippen molar-refractivity contribution >= 4 is 10.2 Å². The van der Waals surface area contributed by atoms with Crippen LogP contribution in [0, 0.1) is 0 Å². The third-order valence-corrected chi connectivity index (χ3v) is 4.98. The van der Waals surface area contributed by atoms with Gasteiger partial charge in [0.05, 0.1) is 21.3 Å². The van der Waals surface area contributed by atoms with E-state index in [1.807, 2.05) is 0 Å². The monoisotopic (exact) mass is 332 g/mol. The van der Waals surface area contributed by atoms with Gasteiger partial charge in [0.2, 0.25) is 0 Å². The molecule has 0 aromatic heterocycles. The molecule has 7 nitrogen and oxygen atoms in total. The Bertz CT molecular complexity index is 585. The average molecular weight is 332 g/mol. The number of nitrogens with zero attached hydrogens (tertiary/aromatic N) is 1. The van der Waals surface area contributed by atoms with E-state index in [9.17, 15) is 8.42 Å². The minimum Gasteiger partial charge on any atom is -0.496 e. The quantitative estimate of drug-likeness (QED) is 0.739. The van der Waals surface area contributed by atoms with Gasteiger partial charge in [0.1, 0.15) is 5.75 Å². The maximum absolute atomic E-state index is 12.2. The van der Waals surface area contributed by atoms with E-state index in [4.69, 9.17) is 14.2 Å². The van der Waals surface area contributed by atoms with Crippen molar-refractivity contribution in [1.82, 2.24) is 9.03 Å². The van der Waals surface area contributed by atoms with Gasteiger partial charge in [-0.15, -0.1) is 0 Å². The third-order valence-electron chi connectivity index (χ3n) is 3.28. The highest BCUT2D eigenvalue weighted by atomic mass is 32.2. The standard InChI is InChI=1S/C14H24N2O5S/c1-6-16(7-2)22(17,18)15-10-11-8-13(20-4)14(21-5)9-12(11)19-3/h8-9,15H,6-7,10H2,1-5H3. The van der Waals surface area contributed by atoms with Crippen LogP contribution < -0.4 is 18.9 Å². The van der Waals surface area contributed by atoms with Gasteiger partial charge in [-0.3, -0.25) is 0 Å². The van der Waals surface area contributed by atoms with Crippen molar-refractivity contribution < 1.29 is 22.6 Å². The summed E-state index contributed by atoms with van der Waals surface area (Å²) in [5.74, 6) is 1.56. The number of nitrogens with one attached hydrogen (secondary N) is 1. The van der Waals surface area contributed by atoms with Crippen molar-refractivity contribution in [3.05, 3.63) is 17.7 Å². The zero-order chi connectivity index (χ0) is 16.8. The predicted octanol–water partition coefficient (Wildman–Crippen LogP) is 1.39. The van der Waals surface area contributed by atoms with Crippen LogP contribution in [0.3, 0.4) is 0 Å². The SMILES string of the molecule is CCN(CC)S(=O)(=O)NCc1cc(OC)c(OC)cc1OC. The highest BCUT2D eigenvalue weighted by Gasteiger charge is 2.19. The Balaban J connectivity index is 3.02. The summed E-state index contributed by atoms with van der Waals surface area (Å²) in [4.78, 5) is 0. The maximum atomic E-state index is 12.2. The van der Waals surface area contributed by atoms with E-state index in [1.54, 1.807) is 26.0 Å². The van der Waals surface area contributed by atoms with Crippen LogP contribution >= 0.6 is 0 Å². The molecule has 0 aliphatic rings. The molecule has 0 amide bonds. The summed E-state index contributed by atoms with van der Waals surface area (Å²) in [6.45, 7) is 4.51. The largest absolute Gasteiger partial charge is 0.496 e. The molecule has 1 aromatic rings. The van der Waals surface area contributed by atoms with Gasteiger partial charge in [-0.25, -0.2) is 0 Å². The van der Waals surface area contributed by atoms with Gasteiger partial charge >= 0.3 is 0 Å². The molecule has 0 fully saturated rings. The summed E-state index contributed by atoms with van der Waals surface area (Å²) in [6, 6.07) is 3.36. The number of hydrogen-bond donors (Lipinski definition) is 1. The second kappa shape index (κ2) is 8.21. The molecule has 0 aliphatic heterocycles. The lowest BCUT2D eigenvalue weighted by Crippen LogP contribution is -2.40. The number of methoxy groups -OCH3 is 3. The highest BCUT2D eigenvalue weighted by Crippen LogP contribution is 2.34. The summed E-state index contributed by atoms with van der Waals surface area (Å²) < 4.78 is 43.9. The average Bonchev–Trinajstić information content (AvgIpc) is 2.52. The lowest BCUT2D eigenvalue weighted by Gasteiger charge is -2.20. The minimum absolute atomic E-state index is 0.0996. The van der Waals surface area contributed by atoms with E-state index in [2.05, 4.69) is 4.72 Å². The van der Waals surface area contributed by atoms with Crippen molar-refractivity contribution in [2.75, 3.05) is 34.4 Å². The smallest absolute Gasteiger partial charge is 0.279 e. The number of hydrogen-bond acceptors (Lipinski definition) is 5. The lowest BCUT2D eigenvalue weighted by molar-refractivity contribution is 0.347. The van der Waals surface area contributed by atoms with Crippen molar-refractivity contribution in [3.8, 4) is 17.2 Å². The Morgan fingerprint density at radius 1 is 0.955 bits per heavy atom. The van der Waals surface area contributed by atoms with Crippen LogP contribution in [-0.2, 0) is 16.8 Å². The maximum Gasteiger partial charge on any atom is 0.279 e. The third kappa shape index (κ3) is 4.25. The Labute approximate surface area is 132 Å². The van der Waals surface area contributed by atoms with Gasteiger partial charge in [-0.05, 0) is 6.07 Å². The van der Waals surface area contributed by atoms with Gasteiger partial charge in [0.25, 0.3) is 10.2 Å². The molecule has 126 valence electrons. The van der Waals surface area contributed by atoms with E-state index in [-0.39, 0.29) is 6.54 Å². The second-order valence-electron chi connectivity index (χ2n) is 4.43. The second-order valence-corrected chi connectivity index (χ2v) is 6.18. The Morgan fingerprint density at radius 2 is 1.45 bits per heavy atom. The lowest BCUT2D eigenvalue weighted by atomic mass is 10.1. The van der Waals surface area contributed by atoms with Crippen LogP contribution in [0.1, 0.15) is 19.4 Å². The molecule has 0 radical (unpaired) electrons. The molecule has 0 unspecified atom stereocenters. The summed E-state index contributed by atoms with van der Waals surface area (Å²) in [5.41, 5.74) is 0.663. The van der Waals surface area contributed by atoms with Gasteiger partial charge in [-0.1, -0.05) is 13.8 Å². The molecule has 0 aliphatic carbocycles. The molecule has 1 rings (SSSR count). The predicted molar refractivity (Wildman–Crippen MR) is 84.8 cm³/mol. The van der Waals surface area contributed by atoms with Gasteiger partial charge < -0.3 is 14.2 Å². The number of benzene rings is 1. The Morgan fingerprint density at radius 3 is 1.91 bits per heavy atom. The molecule has 8 heteroatoms. The molecule has 0 bridgehead atoms. The molecule has 0 spiro atoms. The summed E-state index contributed by atoms with van der Waals surface area (Å²) in [5, 5.41) is 0. The van der Waals surface area contributed by atoms with Crippen molar-refractivity contribution in [1.29, 1.82) is 0 Å². The molecule has 0 heterocycles. The van der Waals surface area contributed by atoms with E-state index in [1.165, 1.54) is 25.6 Å². The van der Waals surface area contributed by atoms with Crippen LogP contribution in [-0.4, -0.2) is 47.1 Å². The first-order chi connectivity index (χ1) is 10.4. The highest BCUT2D eigenvalue weighted by molar-refractivity contribution is 7.87. The molecule has 1 aromatic carbocycles. The van der Waals surface area contributed by atoms with E-state index >= 15 is 0 Å². The first kappa shape index (κ1) is 18.5. The summed E-state index contributed by atoms with van der Waals surface area (Å²) >= 11 is 0. The number of rotatable bonds is 9. The summed E-state index contributed by atoms with van der Waals surface area (Å²) in [7, 11) is 1.04. The normalized spacial score (nSPS) is 11.5. The fraction of sp³-hybridized carbons (Fsp3) is 0.571. The molecular formula is C14H24N2O5S. The minimum atomic E-state index is -3.53. The van der Waals surface area contributed by atoms with E-state index < -0.39 is 10.2 Å². The van der Waals surface area contributed by atoms with E-state index in [0.29, 0.717) is 35.9 Å². The van der Waals surface area contributed by atoms with Crippen LogP contribution in [0.15, 0.2) is 12.1 Å². The zero-order valence-corrected chi connectivity index (χ0v) is 14.5. The molecule has 0 atom stereocenters. The van der Waals surface area contributed by atoms with Gasteiger partial charge in [0, 0.05) is 31.3 Å². The van der Waals surface area contributed by atoms with Gasteiger partial charge in [-0.2, -0.15) is 17.4 Å². The fourth-order valence-electron chi connectivity index (χ4n) is 2.05. The zero-order valence-electron chi connectivity index (χ0n) is 13.7. The first-order valence-corrected chi connectivity index (χ1v) is 8.41. The number of ether oxygens (including phenoxy) is 3. The molecule has 0 saturated heterocycles. The fourth-order valence-corrected chi connectivity index (χ4v) is 3.25. The van der Waals surface area contributed by atoms with Crippen molar-refractivity contribution in [2.45, 2.75) is 20.4 Å². The van der Waals surface area contributed by atoms with E-state index in [0.717, 1.165) is 0 Å². The first-order valence-electron chi connectivity index (χ1n) is 6.97. The van der Waals surface area contributed by atoms with Crippen LogP contribution in [0.5, 0.6) is 17.2 Å². The topological polar surface area (TPSA) is 77.1 Å². The summed E-state index contributed by atoms with van der Waals surface area (Å²) in [6.07, 6.45) is 0. The van der Waals surface area contributed by atoms with Gasteiger partial charge in [0.15, 0.2) is 11.5 Å². The molecule has 0 saturated carbocycles. The van der Waals surface area contributed by atoms with Crippen LogP contribution in [0.25, 0.3) is 0 Å². The molecule has 1 N–H and O–H groups in total. The Hall–Kier alpha value is -1.51.